The average molecular weight is 353 g/mol. The molecule has 24 heavy (non-hydrogen) atoms. The molecule has 1 aromatic heterocycles. The second-order valence-corrected chi connectivity index (χ2v) is 8.08. The van der Waals surface area contributed by atoms with Gasteiger partial charge in [0.25, 0.3) is 5.56 Å². The largest absolute Gasteiger partial charge is 0.309 e. The maximum Gasteiger partial charge on any atom is 0.258 e. The van der Waals surface area contributed by atoms with Gasteiger partial charge >= 0.3 is 0 Å². The molecule has 0 spiro atoms. The maximum absolute atomic E-state index is 12.2. The Morgan fingerprint density at radius 2 is 1.96 bits per heavy atom. The van der Waals surface area contributed by atoms with Crippen LogP contribution in [0, 0.1) is 0 Å². The van der Waals surface area contributed by atoms with Gasteiger partial charge in [-0.25, -0.2) is 9.98 Å². The Morgan fingerprint density at radius 1 is 1.17 bits per heavy atom. The van der Waals surface area contributed by atoms with Gasteiger partial charge in [-0.2, -0.15) is 0 Å². The van der Waals surface area contributed by atoms with Gasteiger partial charge < -0.3 is 4.98 Å². The molecule has 1 unspecified atom stereocenters. The molecule has 2 aromatic carbocycles. The standard InChI is InChI=1S/C18H15N3OS2/c1-11(16-19-15-9-5-3-7-13(15)17(22)21-16)24-18-20-14-8-4-2-6-12(14)10-23-18/h2-9,11H,10H2,1H3,(H,19,21,22). The SMILES string of the molecule is CC(SC1=Nc2ccccc2CS1)c1nc2ccccc2c(=O)[nH]1. The lowest BCUT2D eigenvalue weighted by Crippen LogP contribution is -2.13. The summed E-state index contributed by atoms with van der Waals surface area (Å²) >= 11 is 3.36. The van der Waals surface area contributed by atoms with E-state index in [1.807, 2.05) is 43.3 Å². The summed E-state index contributed by atoms with van der Waals surface area (Å²) in [5.74, 6) is 1.61. The molecule has 1 aliphatic rings. The van der Waals surface area contributed by atoms with Crippen LogP contribution < -0.4 is 5.56 Å². The van der Waals surface area contributed by atoms with Gasteiger partial charge in [0.15, 0.2) is 0 Å². The molecule has 6 heteroatoms. The van der Waals surface area contributed by atoms with Crippen LogP contribution in [0.25, 0.3) is 10.9 Å². The molecule has 3 aromatic rings. The zero-order chi connectivity index (χ0) is 16.5. The van der Waals surface area contributed by atoms with E-state index < -0.39 is 0 Å². The fraction of sp³-hybridized carbons (Fsp3) is 0.167. The van der Waals surface area contributed by atoms with E-state index in [1.165, 1.54) is 5.56 Å². The van der Waals surface area contributed by atoms with Crippen LogP contribution in [0.3, 0.4) is 0 Å². The summed E-state index contributed by atoms with van der Waals surface area (Å²) in [6.07, 6.45) is 0. The number of hydrogen-bond acceptors (Lipinski definition) is 5. The summed E-state index contributed by atoms with van der Waals surface area (Å²) in [4.78, 5) is 24.5. The van der Waals surface area contributed by atoms with Crippen LogP contribution >= 0.6 is 23.5 Å². The van der Waals surface area contributed by atoms with Gasteiger partial charge in [0.05, 0.1) is 21.8 Å². The average Bonchev–Trinajstić information content (AvgIpc) is 2.61. The Balaban J connectivity index is 1.62. The molecule has 2 heterocycles. The molecule has 4 rings (SSSR count). The smallest absolute Gasteiger partial charge is 0.258 e. The fourth-order valence-electron chi connectivity index (χ4n) is 2.58. The second-order valence-electron chi connectivity index (χ2n) is 5.52. The van der Waals surface area contributed by atoms with Crippen molar-refractivity contribution >= 4 is 44.5 Å². The second kappa shape index (κ2) is 6.45. The van der Waals surface area contributed by atoms with Gasteiger partial charge in [0.2, 0.25) is 0 Å². The molecule has 1 aliphatic heterocycles. The summed E-state index contributed by atoms with van der Waals surface area (Å²) < 4.78 is 1.01. The first-order valence-corrected chi connectivity index (χ1v) is 9.52. The number of H-pyrrole nitrogens is 1. The summed E-state index contributed by atoms with van der Waals surface area (Å²) in [5, 5.41) is 0.649. The third-order valence-corrected chi connectivity index (χ3v) is 6.15. The van der Waals surface area contributed by atoms with Crippen molar-refractivity contribution in [3.8, 4) is 0 Å². The van der Waals surface area contributed by atoms with Crippen LogP contribution in [-0.2, 0) is 5.75 Å². The highest BCUT2D eigenvalue weighted by Gasteiger charge is 2.18. The Bertz CT molecular complexity index is 997. The number of benzene rings is 2. The van der Waals surface area contributed by atoms with E-state index in [9.17, 15) is 4.79 Å². The van der Waals surface area contributed by atoms with E-state index in [-0.39, 0.29) is 10.8 Å². The van der Waals surface area contributed by atoms with Crippen molar-refractivity contribution in [1.29, 1.82) is 0 Å². The van der Waals surface area contributed by atoms with Crippen molar-refractivity contribution in [1.82, 2.24) is 9.97 Å². The Labute approximate surface area is 147 Å². The number of rotatable bonds is 2. The van der Waals surface area contributed by atoms with E-state index in [0.29, 0.717) is 11.2 Å². The predicted octanol–water partition coefficient (Wildman–Crippen LogP) is 4.65. The van der Waals surface area contributed by atoms with Crippen molar-refractivity contribution < 1.29 is 0 Å². The molecule has 0 saturated heterocycles. The number of aliphatic imine (C=N–C) groups is 1. The number of aromatic amines is 1. The number of hydrogen-bond donors (Lipinski definition) is 1. The normalized spacial score (nSPS) is 15.0. The molecule has 0 fully saturated rings. The lowest BCUT2D eigenvalue weighted by Gasteiger charge is -2.17. The molecule has 4 nitrogen and oxygen atoms in total. The highest BCUT2D eigenvalue weighted by Crippen LogP contribution is 2.39. The van der Waals surface area contributed by atoms with Gasteiger partial charge in [0.1, 0.15) is 10.2 Å². The van der Waals surface area contributed by atoms with Crippen molar-refractivity contribution in [3.63, 3.8) is 0 Å². The van der Waals surface area contributed by atoms with E-state index >= 15 is 0 Å². The third kappa shape index (κ3) is 2.99. The summed E-state index contributed by atoms with van der Waals surface area (Å²) in [6.45, 7) is 2.04. The van der Waals surface area contributed by atoms with E-state index in [1.54, 1.807) is 29.6 Å². The molecule has 0 radical (unpaired) electrons. The molecular weight excluding hydrogens is 338 g/mol. The topological polar surface area (TPSA) is 58.1 Å². The lowest BCUT2D eigenvalue weighted by molar-refractivity contribution is 0.927. The molecule has 0 saturated carbocycles. The number of fused-ring (bicyclic) bond motifs is 2. The fourth-order valence-corrected chi connectivity index (χ4v) is 4.82. The van der Waals surface area contributed by atoms with E-state index in [4.69, 9.17) is 4.99 Å². The quantitative estimate of drug-likeness (QED) is 0.728. The highest BCUT2D eigenvalue weighted by atomic mass is 32.2. The van der Waals surface area contributed by atoms with Crippen LogP contribution in [0.15, 0.2) is 58.3 Å². The number of nitrogens with one attached hydrogen (secondary N) is 1. The van der Waals surface area contributed by atoms with Crippen LogP contribution in [0.1, 0.15) is 23.6 Å². The summed E-state index contributed by atoms with van der Waals surface area (Å²) in [5.41, 5.74) is 2.93. The van der Waals surface area contributed by atoms with Crippen LogP contribution in [-0.4, -0.2) is 14.3 Å². The van der Waals surface area contributed by atoms with E-state index in [2.05, 4.69) is 16.0 Å². The summed E-state index contributed by atoms with van der Waals surface area (Å²) in [6, 6.07) is 15.6. The predicted molar refractivity (Wildman–Crippen MR) is 103 cm³/mol. The Hall–Kier alpha value is -2.05. The molecule has 0 aliphatic carbocycles. The first kappa shape index (κ1) is 15.5. The minimum atomic E-state index is -0.0911. The lowest BCUT2D eigenvalue weighted by atomic mass is 10.2. The van der Waals surface area contributed by atoms with Gasteiger partial charge in [0, 0.05) is 5.75 Å². The number of nitrogens with zero attached hydrogens (tertiary/aromatic N) is 2. The maximum atomic E-state index is 12.2. The first-order chi connectivity index (χ1) is 11.7. The Morgan fingerprint density at radius 3 is 2.88 bits per heavy atom. The molecular formula is C18H15N3OS2. The minimum Gasteiger partial charge on any atom is -0.309 e. The zero-order valence-corrected chi connectivity index (χ0v) is 14.7. The molecule has 1 N–H and O–H groups in total. The number of thioether (sulfide) groups is 2. The number of aromatic nitrogens is 2. The van der Waals surface area contributed by atoms with Gasteiger partial charge in [-0.15, -0.1) is 0 Å². The van der Waals surface area contributed by atoms with Crippen LogP contribution in [0.4, 0.5) is 5.69 Å². The van der Waals surface area contributed by atoms with Crippen molar-refractivity contribution in [2.24, 2.45) is 4.99 Å². The van der Waals surface area contributed by atoms with Gasteiger partial charge in [-0.05, 0) is 30.7 Å². The monoisotopic (exact) mass is 353 g/mol. The van der Waals surface area contributed by atoms with Crippen molar-refractivity contribution in [2.75, 3.05) is 0 Å². The van der Waals surface area contributed by atoms with Gasteiger partial charge in [-0.3, -0.25) is 4.79 Å². The molecule has 120 valence electrons. The summed E-state index contributed by atoms with van der Waals surface area (Å²) in [7, 11) is 0. The van der Waals surface area contributed by atoms with E-state index in [0.717, 1.165) is 21.3 Å². The minimum absolute atomic E-state index is 0.0267. The Kier molecular flexibility index (Phi) is 4.16. The first-order valence-electron chi connectivity index (χ1n) is 7.66. The van der Waals surface area contributed by atoms with Gasteiger partial charge in [-0.1, -0.05) is 53.9 Å². The van der Waals surface area contributed by atoms with Crippen LogP contribution in [0.2, 0.25) is 0 Å². The highest BCUT2D eigenvalue weighted by molar-refractivity contribution is 8.38. The zero-order valence-electron chi connectivity index (χ0n) is 13.0. The third-order valence-electron chi connectivity index (χ3n) is 3.85. The van der Waals surface area contributed by atoms with Crippen molar-refractivity contribution in [2.45, 2.75) is 17.9 Å². The van der Waals surface area contributed by atoms with Crippen molar-refractivity contribution in [3.05, 3.63) is 70.3 Å². The molecule has 1 atom stereocenters. The molecule has 0 bridgehead atoms. The molecule has 0 amide bonds. The number of para-hydroxylation sites is 2. The van der Waals surface area contributed by atoms with Crippen LogP contribution in [0.5, 0.6) is 0 Å².